The van der Waals surface area contributed by atoms with E-state index >= 15 is 0 Å². The molecule has 0 aromatic heterocycles. The van der Waals surface area contributed by atoms with Crippen molar-refractivity contribution >= 4 is 5.97 Å². The third-order valence-corrected chi connectivity index (χ3v) is 3.13. The van der Waals surface area contributed by atoms with Crippen molar-refractivity contribution in [3.05, 3.63) is 0 Å². The molecule has 0 saturated carbocycles. The number of carbonyl (C=O) groups is 1. The molecular formula is C13H27NO2. The molecule has 0 fully saturated rings. The molecule has 1 unspecified atom stereocenters. The Morgan fingerprint density at radius 2 is 1.75 bits per heavy atom. The normalized spacial score (nSPS) is 15.6. The van der Waals surface area contributed by atoms with E-state index in [-0.39, 0.29) is 11.4 Å². The summed E-state index contributed by atoms with van der Waals surface area (Å²) in [7, 11) is 0. The predicted octanol–water partition coefficient (Wildman–Crippen LogP) is 2.73. The number of nitrogens with two attached hydrogens (primary N) is 1. The summed E-state index contributed by atoms with van der Waals surface area (Å²) in [6, 6.07) is 0. The zero-order valence-corrected chi connectivity index (χ0v) is 11.4. The summed E-state index contributed by atoms with van der Waals surface area (Å²) in [6.45, 7) is 11.2. The van der Waals surface area contributed by atoms with Crippen LogP contribution in [0.1, 0.15) is 53.9 Å². The van der Waals surface area contributed by atoms with Crippen molar-refractivity contribution < 1.29 is 9.53 Å². The molecule has 3 nitrogen and oxygen atoms in total. The van der Waals surface area contributed by atoms with E-state index < -0.39 is 5.41 Å². The molecule has 0 spiro atoms. The smallest absolute Gasteiger partial charge is 0.313 e. The molecule has 1 atom stereocenters. The first-order valence-corrected chi connectivity index (χ1v) is 6.18. The molecular weight excluding hydrogens is 202 g/mol. The number of hydrogen-bond acceptors (Lipinski definition) is 3. The van der Waals surface area contributed by atoms with Crippen molar-refractivity contribution in [2.75, 3.05) is 13.2 Å². The first-order chi connectivity index (χ1) is 7.31. The van der Waals surface area contributed by atoms with Crippen LogP contribution in [0.25, 0.3) is 0 Å². The lowest BCUT2D eigenvalue weighted by atomic mass is 9.76. The summed E-state index contributed by atoms with van der Waals surface area (Å²) in [4.78, 5) is 11.9. The maximum absolute atomic E-state index is 11.9. The van der Waals surface area contributed by atoms with Crippen LogP contribution in [0.5, 0.6) is 0 Å². The van der Waals surface area contributed by atoms with E-state index in [1.54, 1.807) is 0 Å². The van der Waals surface area contributed by atoms with E-state index in [4.69, 9.17) is 10.5 Å². The van der Waals surface area contributed by atoms with Crippen LogP contribution in [0.2, 0.25) is 0 Å². The first-order valence-electron chi connectivity index (χ1n) is 6.18. The van der Waals surface area contributed by atoms with Crippen molar-refractivity contribution in [2.45, 2.75) is 53.9 Å². The van der Waals surface area contributed by atoms with Crippen LogP contribution < -0.4 is 5.73 Å². The van der Waals surface area contributed by atoms with Crippen LogP contribution >= 0.6 is 0 Å². The molecule has 2 N–H and O–H groups in total. The lowest BCUT2D eigenvalue weighted by Gasteiger charge is -2.31. The first kappa shape index (κ1) is 15.4. The Bertz CT molecular complexity index is 214. The molecule has 0 aromatic rings. The molecule has 0 aliphatic carbocycles. The van der Waals surface area contributed by atoms with Gasteiger partial charge in [0.1, 0.15) is 0 Å². The Morgan fingerprint density at radius 1 is 1.19 bits per heavy atom. The molecule has 16 heavy (non-hydrogen) atoms. The highest BCUT2D eigenvalue weighted by Crippen LogP contribution is 2.34. The fourth-order valence-corrected chi connectivity index (χ4v) is 1.65. The van der Waals surface area contributed by atoms with Crippen molar-refractivity contribution in [1.29, 1.82) is 0 Å². The average molecular weight is 229 g/mol. The summed E-state index contributed by atoms with van der Waals surface area (Å²) in [5, 5.41) is 0. The minimum Gasteiger partial charge on any atom is -0.466 e. The molecule has 0 rings (SSSR count). The van der Waals surface area contributed by atoms with Crippen LogP contribution in [-0.2, 0) is 9.53 Å². The molecule has 0 amide bonds. The highest BCUT2D eigenvalue weighted by molar-refractivity contribution is 5.77. The Hall–Kier alpha value is -0.570. The number of carbonyl (C=O) groups excluding carboxylic acids is 1. The molecule has 0 saturated heterocycles. The van der Waals surface area contributed by atoms with Crippen molar-refractivity contribution in [2.24, 2.45) is 16.6 Å². The van der Waals surface area contributed by atoms with Gasteiger partial charge in [-0.2, -0.15) is 0 Å². The number of ether oxygens (including phenoxy) is 1. The van der Waals surface area contributed by atoms with Gasteiger partial charge in [0, 0.05) is 6.54 Å². The Morgan fingerprint density at radius 3 is 2.06 bits per heavy atom. The van der Waals surface area contributed by atoms with Gasteiger partial charge < -0.3 is 10.5 Å². The van der Waals surface area contributed by atoms with E-state index in [1.165, 1.54) is 0 Å². The second kappa shape index (κ2) is 6.24. The van der Waals surface area contributed by atoms with Crippen molar-refractivity contribution in [3.63, 3.8) is 0 Å². The highest BCUT2D eigenvalue weighted by atomic mass is 16.5. The largest absolute Gasteiger partial charge is 0.466 e. The van der Waals surface area contributed by atoms with Crippen LogP contribution in [-0.4, -0.2) is 19.1 Å². The molecule has 96 valence electrons. The van der Waals surface area contributed by atoms with Gasteiger partial charge in [-0.05, 0) is 31.6 Å². The Balaban J connectivity index is 4.62. The number of hydrogen-bond donors (Lipinski definition) is 1. The molecule has 0 aliphatic rings. The van der Waals surface area contributed by atoms with Crippen LogP contribution in [0.4, 0.5) is 0 Å². The zero-order chi connectivity index (χ0) is 12.8. The third kappa shape index (κ3) is 4.52. The summed E-state index contributed by atoms with van der Waals surface area (Å²) < 4.78 is 5.14. The molecule has 0 heterocycles. The lowest BCUT2D eigenvalue weighted by molar-refractivity contribution is -0.156. The van der Waals surface area contributed by atoms with Gasteiger partial charge in [-0.15, -0.1) is 0 Å². The maximum atomic E-state index is 11.9. The average Bonchev–Trinajstić information content (AvgIpc) is 2.19. The summed E-state index contributed by atoms with van der Waals surface area (Å²) >= 11 is 0. The molecule has 0 aliphatic heterocycles. The van der Waals surface area contributed by atoms with Crippen LogP contribution in [0.15, 0.2) is 0 Å². The summed E-state index contributed by atoms with van der Waals surface area (Å²) in [5.74, 6) is -0.135. The molecule has 0 bridgehead atoms. The van der Waals surface area contributed by atoms with E-state index in [9.17, 15) is 4.79 Å². The van der Waals surface area contributed by atoms with Crippen LogP contribution in [0.3, 0.4) is 0 Å². The van der Waals surface area contributed by atoms with Gasteiger partial charge in [0.25, 0.3) is 0 Å². The molecule has 3 heteroatoms. The van der Waals surface area contributed by atoms with Crippen LogP contribution in [0, 0.1) is 10.8 Å². The standard InChI is InChI=1S/C13H27NO2/c1-6-13(10-14,11(15)16-7-2)9-8-12(3,4)5/h6-10,14H2,1-5H3. The molecule has 0 aromatic carbocycles. The predicted molar refractivity (Wildman–Crippen MR) is 67.1 cm³/mol. The minimum absolute atomic E-state index is 0.135. The van der Waals surface area contributed by atoms with Gasteiger partial charge in [-0.25, -0.2) is 0 Å². The van der Waals surface area contributed by atoms with Gasteiger partial charge in [0.15, 0.2) is 0 Å². The van der Waals surface area contributed by atoms with E-state index in [0.717, 1.165) is 19.3 Å². The maximum Gasteiger partial charge on any atom is 0.313 e. The quantitative estimate of drug-likeness (QED) is 0.712. The zero-order valence-electron chi connectivity index (χ0n) is 11.4. The number of esters is 1. The van der Waals surface area contributed by atoms with Gasteiger partial charge >= 0.3 is 5.97 Å². The van der Waals surface area contributed by atoms with E-state index in [2.05, 4.69) is 20.8 Å². The monoisotopic (exact) mass is 229 g/mol. The van der Waals surface area contributed by atoms with Gasteiger partial charge in [0.05, 0.1) is 12.0 Å². The summed E-state index contributed by atoms with van der Waals surface area (Å²) in [5.41, 5.74) is 5.52. The van der Waals surface area contributed by atoms with E-state index in [0.29, 0.717) is 13.2 Å². The number of rotatable bonds is 6. The van der Waals surface area contributed by atoms with E-state index in [1.807, 2.05) is 13.8 Å². The van der Waals surface area contributed by atoms with Gasteiger partial charge in [-0.3, -0.25) is 4.79 Å². The Kier molecular flexibility index (Phi) is 6.01. The fraction of sp³-hybridized carbons (Fsp3) is 0.923. The third-order valence-electron chi connectivity index (χ3n) is 3.13. The highest BCUT2D eigenvalue weighted by Gasteiger charge is 2.37. The second-order valence-electron chi connectivity index (χ2n) is 5.62. The van der Waals surface area contributed by atoms with Crippen molar-refractivity contribution in [3.8, 4) is 0 Å². The SMILES string of the molecule is CCOC(=O)C(CC)(CN)CCC(C)(C)C. The van der Waals surface area contributed by atoms with Crippen molar-refractivity contribution in [1.82, 2.24) is 0 Å². The fourth-order valence-electron chi connectivity index (χ4n) is 1.65. The Labute approximate surface area is 99.7 Å². The topological polar surface area (TPSA) is 52.3 Å². The summed E-state index contributed by atoms with van der Waals surface area (Å²) in [6.07, 6.45) is 2.54. The van der Waals surface area contributed by atoms with Gasteiger partial charge in [0.2, 0.25) is 0 Å². The van der Waals surface area contributed by atoms with Gasteiger partial charge in [-0.1, -0.05) is 27.7 Å². The lowest BCUT2D eigenvalue weighted by Crippen LogP contribution is -2.40. The second-order valence-corrected chi connectivity index (χ2v) is 5.62. The molecule has 0 radical (unpaired) electrons. The minimum atomic E-state index is -0.483.